The van der Waals surface area contributed by atoms with Crippen LogP contribution in [0, 0.1) is 11.3 Å². The van der Waals surface area contributed by atoms with Crippen molar-refractivity contribution in [2.75, 3.05) is 27.3 Å². The fourth-order valence-corrected chi connectivity index (χ4v) is 5.70. The molecule has 0 spiro atoms. The Kier molecular flexibility index (Phi) is 8.35. The number of aryl methyl sites for hydroxylation is 1. The maximum atomic E-state index is 14.0. The van der Waals surface area contributed by atoms with Crippen molar-refractivity contribution in [3.8, 4) is 17.2 Å². The number of fused-ring (bicyclic) bond motifs is 1. The van der Waals surface area contributed by atoms with Gasteiger partial charge in [0.05, 0.1) is 13.2 Å². The summed E-state index contributed by atoms with van der Waals surface area (Å²) in [6.07, 6.45) is 0.00302. The zero-order valence-electron chi connectivity index (χ0n) is 21.2. The topological polar surface area (TPSA) is 83.2 Å². The van der Waals surface area contributed by atoms with E-state index in [0.717, 1.165) is 10.4 Å². The van der Waals surface area contributed by atoms with Crippen LogP contribution in [0.5, 0.6) is 0 Å². The van der Waals surface area contributed by atoms with E-state index in [4.69, 9.17) is 4.74 Å². The van der Waals surface area contributed by atoms with Gasteiger partial charge in [0.15, 0.2) is 5.69 Å². The fraction of sp³-hybridized carbons (Fsp3) is 0.370. The van der Waals surface area contributed by atoms with Gasteiger partial charge >= 0.3 is 6.18 Å². The number of aromatic nitrogens is 2. The maximum Gasteiger partial charge on any atom is 0.435 e. The largest absolute Gasteiger partial charge is 0.435 e. The number of hydrogen-bond acceptors (Lipinski definition) is 6. The summed E-state index contributed by atoms with van der Waals surface area (Å²) in [5.74, 6) is -0.646. The third-order valence-corrected chi connectivity index (χ3v) is 7.59. The number of nitrogens with zero attached hydrogens (tertiary/aromatic N) is 4. The number of rotatable bonds is 8. The standard InChI is InChI=1S/C27H28F3N5O2S/c1-4-35-14-23(26(33-35)27(28,29)30)20-8-6-5-7-19(20)22-13-34(15-24-21(22)11-18(12-31)38-24)25(36)10-9-17(32-2)16-37-3/h5-11,14,17,22,32H,4,13,15-16H2,1-3H3/b10-9+/t17-,22+/m1/s1. The highest BCUT2D eigenvalue weighted by Crippen LogP contribution is 2.44. The first-order valence-electron chi connectivity index (χ1n) is 12.1. The van der Waals surface area contributed by atoms with E-state index < -0.39 is 17.8 Å². The van der Waals surface area contributed by atoms with E-state index in [2.05, 4.69) is 16.5 Å². The maximum absolute atomic E-state index is 14.0. The second-order valence-electron chi connectivity index (χ2n) is 8.91. The van der Waals surface area contributed by atoms with Crippen LogP contribution < -0.4 is 5.32 Å². The number of nitrogens with one attached hydrogen (secondary N) is 1. The van der Waals surface area contributed by atoms with Crippen LogP contribution in [0.15, 0.2) is 48.7 Å². The zero-order chi connectivity index (χ0) is 27.4. The van der Waals surface area contributed by atoms with E-state index in [9.17, 15) is 23.2 Å². The summed E-state index contributed by atoms with van der Waals surface area (Å²) in [6.45, 7) is 2.99. The average molecular weight is 544 g/mol. The second-order valence-corrected chi connectivity index (χ2v) is 10.1. The number of benzene rings is 1. The van der Waals surface area contributed by atoms with Crippen molar-refractivity contribution in [1.82, 2.24) is 20.0 Å². The van der Waals surface area contributed by atoms with E-state index in [1.54, 1.807) is 62.4 Å². The monoisotopic (exact) mass is 543 g/mol. The van der Waals surface area contributed by atoms with E-state index >= 15 is 0 Å². The number of amides is 1. The molecular formula is C27H28F3N5O2S. The number of thiophene rings is 1. The molecule has 1 N–H and O–H groups in total. The first-order chi connectivity index (χ1) is 18.2. The van der Waals surface area contributed by atoms with Crippen molar-refractivity contribution in [1.29, 1.82) is 5.26 Å². The molecule has 2 atom stereocenters. The summed E-state index contributed by atoms with van der Waals surface area (Å²) in [7, 11) is 3.34. The molecule has 0 saturated heterocycles. The molecule has 7 nitrogen and oxygen atoms in total. The lowest BCUT2D eigenvalue weighted by atomic mass is 9.83. The summed E-state index contributed by atoms with van der Waals surface area (Å²) >= 11 is 1.30. The van der Waals surface area contributed by atoms with Gasteiger partial charge in [-0.05, 0) is 36.7 Å². The van der Waals surface area contributed by atoms with Gasteiger partial charge in [-0.3, -0.25) is 9.48 Å². The summed E-state index contributed by atoms with van der Waals surface area (Å²) in [5, 5.41) is 16.4. The number of methoxy groups -OCH3 is 1. The van der Waals surface area contributed by atoms with Crippen molar-refractivity contribution >= 4 is 17.2 Å². The van der Waals surface area contributed by atoms with Crippen LogP contribution in [0.3, 0.4) is 0 Å². The van der Waals surface area contributed by atoms with Gasteiger partial charge in [-0.15, -0.1) is 11.3 Å². The highest BCUT2D eigenvalue weighted by molar-refractivity contribution is 7.12. The Balaban J connectivity index is 1.78. The molecule has 4 rings (SSSR count). The number of carbonyl (C=O) groups is 1. The Bertz CT molecular complexity index is 1370. The third-order valence-electron chi connectivity index (χ3n) is 6.55. The molecule has 3 aromatic rings. The predicted molar refractivity (Wildman–Crippen MR) is 138 cm³/mol. The molecule has 0 radical (unpaired) electrons. The van der Waals surface area contributed by atoms with E-state index in [1.165, 1.54) is 28.3 Å². The molecule has 200 valence electrons. The number of carbonyl (C=O) groups excluding carboxylic acids is 1. The lowest BCUT2D eigenvalue weighted by Gasteiger charge is -2.33. The highest BCUT2D eigenvalue weighted by atomic mass is 32.1. The van der Waals surface area contributed by atoms with E-state index in [1.807, 2.05) is 0 Å². The van der Waals surface area contributed by atoms with Gasteiger partial charge in [-0.25, -0.2) is 0 Å². The molecule has 1 aliphatic heterocycles. The molecule has 2 aromatic heterocycles. The lowest BCUT2D eigenvalue weighted by Crippen LogP contribution is -2.37. The Morgan fingerprint density at radius 2 is 2.11 bits per heavy atom. The van der Waals surface area contributed by atoms with Crippen molar-refractivity contribution in [2.45, 2.75) is 38.1 Å². The number of hydrogen-bond donors (Lipinski definition) is 1. The first kappa shape index (κ1) is 27.6. The van der Waals surface area contributed by atoms with E-state index in [0.29, 0.717) is 35.7 Å². The third kappa shape index (κ3) is 5.67. The normalized spacial score (nSPS) is 16.4. The average Bonchev–Trinajstić information content (AvgIpc) is 3.54. The minimum Gasteiger partial charge on any atom is -0.383 e. The zero-order valence-corrected chi connectivity index (χ0v) is 22.1. The summed E-state index contributed by atoms with van der Waals surface area (Å²) < 4.78 is 48.3. The SMILES string of the molecule is CCn1cc(-c2ccccc2[C@@H]2CN(C(=O)/C=C/[C@H](COC)NC)Cc3sc(C#N)cc32)c(C(F)(F)F)n1. The van der Waals surface area contributed by atoms with Crippen molar-refractivity contribution in [3.05, 3.63) is 75.3 Å². The van der Waals surface area contributed by atoms with Crippen LogP contribution in [0.1, 0.15) is 39.4 Å². The van der Waals surface area contributed by atoms with Crippen LogP contribution in [0.2, 0.25) is 0 Å². The van der Waals surface area contributed by atoms with Crippen molar-refractivity contribution in [2.24, 2.45) is 0 Å². The van der Waals surface area contributed by atoms with Crippen molar-refractivity contribution < 1.29 is 22.7 Å². The quantitative estimate of drug-likeness (QED) is 0.414. The van der Waals surface area contributed by atoms with Crippen LogP contribution in [-0.2, 0) is 28.8 Å². The molecule has 0 bridgehead atoms. The smallest absolute Gasteiger partial charge is 0.383 e. The molecule has 11 heteroatoms. The number of ether oxygens (including phenoxy) is 1. The molecule has 0 unspecified atom stereocenters. The summed E-state index contributed by atoms with van der Waals surface area (Å²) in [5.41, 5.74) is 0.951. The van der Waals surface area contributed by atoms with Crippen LogP contribution in [-0.4, -0.2) is 53.9 Å². The Morgan fingerprint density at radius 3 is 2.76 bits per heavy atom. The van der Waals surface area contributed by atoms with Crippen LogP contribution in [0.25, 0.3) is 11.1 Å². The molecule has 0 fully saturated rings. The molecule has 38 heavy (non-hydrogen) atoms. The lowest BCUT2D eigenvalue weighted by molar-refractivity contribution is -0.141. The molecule has 1 amide bonds. The van der Waals surface area contributed by atoms with Gasteiger partial charge in [0.25, 0.3) is 0 Å². The minimum atomic E-state index is -4.63. The van der Waals surface area contributed by atoms with Gasteiger partial charge in [-0.2, -0.15) is 23.5 Å². The van der Waals surface area contributed by atoms with E-state index in [-0.39, 0.29) is 24.1 Å². The molecule has 3 heterocycles. The fourth-order valence-electron chi connectivity index (χ4n) is 4.66. The second kappa shape index (κ2) is 11.5. The Labute approximate surface area is 223 Å². The Hall–Kier alpha value is -3.46. The molecule has 0 saturated carbocycles. The van der Waals surface area contributed by atoms with Gasteiger partial charge in [-0.1, -0.05) is 30.3 Å². The molecule has 0 aliphatic carbocycles. The van der Waals surface area contributed by atoms with Crippen LogP contribution >= 0.6 is 11.3 Å². The number of halogens is 3. The summed E-state index contributed by atoms with van der Waals surface area (Å²) in [4.78, 5) is 16.2. The number of nitriles is 1. The van der Waals surface area contributed by atoms with Crippen LogP contribution in [0.4, 0.5) is 13.2 Å². The van der Waals surface area contributed by atoms with Crippen molar-refractivity contribution in [3.63, 3.8) is 0 Å². The minimum absolute atomic E-state index is 0.00740. The molecule has 1 aliphatic rings. The highest BCUT2D eigenvalue weighted by Gasteiger charge is 2.39. The summed E-state index contributed by atoms with van der Waals surface area (Å²) in [6, 6.07) is 10.7. The number of likely N-dealkylation sites (N-methyl/N-ethyl adjacent to an activating group) is 1. The predicted octanol–water partition coefficient (Wildman–Crippen LogP) is 4.79. The molecule has 1 aromatic carbocycles. The number of alkyl halides is 3. The van der Waals surface area contributed by atoms with Gasteiger partial charge < -0.3 is 15.0 Å². The first-order valence-corrected chi connectivity index (χ1v) is 12.9. The Morgan fingerprint density at radius 1 is 1.34 bits per heavy atom. The molecular weight excluding hydrogens is 515 g/mol. The van der Waals surface area contributed by atoms with Gasteiger partial charge in [0.2, 0.25) is 5.91 Å². The van der Waals surface area contributed by atoms with Gasteiger partial charge in [0.1, 0.15) is 10.9 Å². The van der Waals surface area contributed by atoms with Gasteiger partial charge in [0, 0.05) is 54.9 Å².